The maximum absolute atomic E-state index is 12.1. The maximum Gasteiger partial charge on any atom is 0.229 e. The molecule has 1 aromatic heterocycles. The molecule has 5 heteroatoms. The average molecular weight is 334 g/mol. The Morgan fingerprint density at radius 2 is 2.10 bits per heavy atom. The number of nitrogens with zero attached hydrogens (tertiary/aromatic N) is 1. The third kappa shape index (κ3) is 3.57. The van der Waals surface area contributed by atoms with Crippen LogP contribution in [0.3, 0.4) is 0 Å². The molecule has 3 N–H and O–H groups in total. The number of aryl methyl sites for hydroxylation is 2. The Morgan fingerprint density at radius 1 is 1.35 bits per heavy atom. The number of nitrogens with one attached hydrogen (secondary N) is 1. The van der Waals surface area contributed by atoms with Gasteiger partial charge >= 0.3 is 0 Å². The van der Waals surface area contributed by atoms with Crippen LogP contribution in [0, 0.1) is 13.8 Å². The Balaban J connectivity index is 2.11. The molecule has 0 spiro atoms. The quantitative estimate of drug-likeness (QED) is 0.906. The molecule has 104 valence electrons. The van der Waals surface area contributed by atoms with E-state index in [-0.39, 0.29) is 5.91 Å². The molecule has 0 aliphatic rings. The highest BCUT2D eigenvalue weighted by atomic mass is 79.9. The summed E-state index contributed by atoms with van der Waals surface area (Å²) in [5.74, 6) is 0.381. The minimum absolute atomic E-state index is 0.100. The van der Waals surface area contributed by atoms with E-state index in [2.05, 4.69) is 26.2 Å². The van der Waals surface area contributed by atoms with E-state index in [0.717, 1.165) is 16.7 Å². The molecule has 0 fully saturated rings. The summed E-state index contributed by atoms with van der Waals surface area (Å²) < 4.78 is 0.673. The number of nitrogens with two attached hydrogens (primary N) is 1. The highest BCUT2D eigenvalue weighted by molar-refractivity contribution is 9.10. The number of hydrogen-bond donors (Lipinski definition) is 2. The summed E-state index contributed by atoms with van der Waals surface area (Å²) in [6, 6.07) is 7.80. The van der Waals surface area contributed by atoms with Crippen LogP contribution < -0.4 is 11.1 Å². The van der Waals surface area contributed by atoms with Crippen molar-refractivity contribution in [3.05, 3.63) is 51.6 Å². The second-order valence-electron chi connectivity index (χ2n) is 4.75. The molecule has 0 unspecified atom stereocenters. The monoisotopic (exact) mass is 333 g/mol. The van der Waals surface area contributed by atoms with E-state index >= 15 is 0 Å². The van der Waals surface area contributed by atoms with Crippen LogP contribution >= 0.6 is 15.9 Å². The lowest BCUT2D eigenvalue weighted by Crippen LogP contribution is -2.16. The van der Waals surface area contributed by atoms with Crippen LogP contribution in [0.1, 0.15) is 16.7 Å². The summed E-state index contributed by atoms with van der Waals surface area (Å²) in [6.07, 6.45) is 1.84. The summed E-state index contributed by atoms with van der Waals surface area (Å²) in [5.41, 5.74) is 9.43. The minimum Gasteiger partial charge on any atom is -0.397 e. The van der Waals surface area contributed by atoms with Gasteiger partial charge in [-0.25, -0.2) is 4.98 Å². The molecule has 2 rings (SSSR count). The number of rotatable bonds is 3. The number of carbonyl (C=O) groups excluding carboxylic acids is 1. The third-order valence-corrected chi connectivity index (χ3v) is 3.58. The summed E-state index contributed by atoms with van der Waals surface area (Å²) in [4.78, 5) is 16.2. The zero-order chi connectivity index (χ0) is 14.7. The lowest BCUT2D eigenvalue weighted by Gasteiger charge is -2.09. The van der Waals surface area contributed by atoms with Crippen molar-refractivity contribution in [1.82, 2.24) is 4.98 Å². The van der Waals surface area contributed by atoms with E-state index in [0.29, 0.717) is 22.4 Å². The molecule has 1 amide bonds. The molecule has 0 radical (unpaired) electrons. The Bertz CT molecular complexity index is 656. The molecule has 0 atom stereocenters. The molecule has 0 aliphatic carbocycles. The van der Waals surface area contributed by atoms with Crippen molar-refractivity contribution in [3.8, 4) is 0 Å². The molecule has 1 aromatic carbocycles. The fourth-order valence-electron chi connectivity index (χ4n) is 1.88. The van der Waals surface area contributed by atoms with Crippen LogP contribution in [0.25, 0.3) is 0 Å². The van der Waals surface area contributed by atoms with Crippen LogP contribution in [-0.4, -0.2) is 10.9 Å². The van der Waals surface area contributed by atoms with E-state index in [1.807, 2.05) is 32.0 Å². The van der Waals surface area contributed by atoms with Gasteiger partial charge in [-0.05, 0) is 47.0 Å². The number of amides is 1. The van der Waals surface area contributed by atoms with E-state index < -0.39 is 0 Å². The molecule has 4 nitrogen and oxygen atoms in total. The lowest BCUT2D eigenvalue weighted by molar-refractivity contribution is -0.115. The number of carbonyl (C=O) groups is 1. The Hall–Kier alpha value is -1.88. The normalized spacial score (nSPS) is 10.3. The zero-order valence-electron chi connectivity index (χ0n) is 11.4. The molecular weight excluding hydrogens is 318 g/mol. The SMILES string of the molecule is Cc1ccc(C)c(CC(=O)Nc2ncc(N)cc2Br)c1. The Morgan fingerprint density at radius 3 is 2.80 bits per heavy atom. The Labute approximate surface area is 126 Å². The first-order chi connectivity index (χ1) is 9.45. The van der Waals surface area contributed by atoms with Gasteiger partial charge in [0.15, 0.2) is 0 Å². The fourth-order valence-corrected chi connectivity index (χ4v) is 2.35. The molecule has 0 saturated carbocycles. The van der Waals surface area contributed by atoms with Crippen LogP contribution in [0.2, 0.25) is 0 Å². The minimum atomic E-state index is -0.100. The average Bonchev–Trinajstić information content (AvgIpc) is 2.37. The van der Waals surface area contributed by atoms with Crippen molar-refractivity contribution < 1.29 is 4.79 Å². The molecule has 20 heavy (non-hydrogen) atoms. The number of pyridine rings is 1. The largest absolute Gasteiger partial charge is 0.397 e. The second-order valence-corrected chi connectivity index (χ2v) is 5.61. The summed E-state index contributed by atoms with van der Waals surface area (Å²) >= 11 is 3.33. The first kappa shape index (κ1) is 14.5. The van der Waals surface area contributed by atoms with Gasteiger partial charge in [0.2, 0.25) is 5.91 Å². The van der Waals surface area contributed by atoms with E-state index in [9.17, 15) is 4.79 Å². The summed E-state index contributed by atoms with van der Waals surface area (Å²) in [5, 5.41) is 2.78. The van der Waals surface area contributed by atoms with Crippen LogP contribution in [0.15, 0.2) is 34.9 Å². The van der Waals surface area contributed by atoms with Gasteiger partial charge in [-0.3, -0.25) is 4.79 Å². The lowest BCUT2D eigenvalue weighted by atomic mass is 10.0. The van der Waals surface area contributed by atoms with Gasteiger partial charge in [-0.1, -0.05) is 23.8 Å². The number of aromatic nitrogens is 1. The highest BCUT2D eigenvalue weighted by Crippen LogP contribution is 2.22. The van der Waals surface area contributed by atoms with Crippen molar-refractivity contribution in [2.75, 3.05) is 11.1 Å². The van der Waals surface area contributed by atoms with Crippen molar-refractivity contribution in [2.24, 2.45) is 0 Å². The van der Waals surface area contributed by atoms with E-state index in [1.165, 1.54) is 6.20 Å². The molecule has 1 heterocycles. The van der Waals surface area contributed by atoms with Crippen LogP contribution in [-0.2, 0) is 11.2 Å². The topological polar surface area (TPSA) is 68.0 Å². The Kier molecular flexibility index (Phi) is 4.39. The van der Waals surface area contributed by atoms with Gasteiger partial charge in [0.05, 0.1) is 22.8 Å². The van der Waals surface area contributed by atoms with Crippen molar-refractivity contribution >= 4 is 33.3 Å². The first-order valence-corrected chi connectivity index (χ1v) is 7.02. The summed E-state index contributed by atoms with van der Waals surface area (Å²) in [6.45, 7) is 4.01. The molecular formula is C15H16BrN3O. The van der Waals surface area contributed by atoms with Gasteiger partial charge in [0.25, 0.3) is 0 Å². The van der Waals surface area contributed by atoms with Gasteiger partial charge in [-0.2, -0.15) is 0 Å². The van der Waals surface area contributed by atoms with E-state index in [4.69, 9.17) is 5.73 Å². The van der Waals surface area contributed by atoms with Gasteiger partial charge < -0.3 is 11.1 Å². The van der Waals surface area contributed by atoms with Crippen molar-refractivity contribution in [3.63, 3.8) is 0 Å². The first-order valence-electron chi connectivity index (χ1n) is 6.22. The molecule has 0 saturated heterocycles. The molecule has 0 aliphatic heterocycles. The predicted molar refractivity (Wildman–Crippen MR) is 84.6 cm³/mol. The number of hydrogen-bond acceptors (Lipinski definition) is 3. The number of halogens is 1. The zero-order valence-corrected chi connectivity index (χ0v) is 13.0. The molecule has 0 bridgehead atoms. The van der Waals surface area contributed by atoms with Gasteiger partial charge in [0, 0.05) is 0 Å². The number of nitrogen functional groups attached to an aromatic ring is 1. The maximum atomic E-state index is 12.1. The number of benzene rings is 1. The van der Waals surface area contributed by atoms with Crippen LogP contribution in [0.4, 0.5) is 11.5 Å². The summed E-state index contributed by atoms with van der Waals surface area (Å²) in [7, 11) is 0. The molecule has 2 aromatic rings. The highest BCUT2D eigenvalue weighted by Gasteiger charge is 2.09. The standard InChI is InChI=1S/C15H16BrN3O/c1-9-3-4-10(2)11(5-9)6-14(20)19-15-13(16)7-12(17)8-18-15/h3-5,7-8H,6,17H2,1-2H3,(H,18,19,20). The van der Waals surface area contributed by atoms with Gasteiger partial charge in [-0.15, -0.1) is 0 Å². The second kappa shape index (κ2) is 6.05. The van der Waals surface area contributed by atoms with Crippen molar-refractivity contribution in [1.29, 1.82) is 0 Å². The van der Waals surface area contributed by atoms with Crippen LogP contribution in [0.5, 0.6) is 0 Å². The van der Waals surface area contributed by atoms with Gasteiger partial charge in [0.1, 0.15) is 5.82 Å². The third-order valence-electron chi connectivity index (χ3n) is 2.98. The fraction of sp³-hybridized carbons (Fsp3) is 0.200. The predicted octanol–water partition coefficient (Wildman–Crippen LogP) is 3.22. The smallest absolute Gasteiger partial charge is 0.229 e. The number of anilines is 2. The van der Waals surface area contributed by atoms with Crippen molar-refractivity contribution in [2.45, 2.75) is 20.3 Å². The van der Waals surface area contributed by atoms with E-state index in [1.54, 1.807) is 6.07 Å².